The number of halogens is 2. The maximum absolute atomic E-state index is 13.3. The van der Waals surface area contributed by atoms with Gasteiger partial charge in [-0.2, -0.15) is 0 Å². The lowest BCUT2D eigenvalue weighted by atomic mass is 10.0. The second kappa shape index (κ2) is 7.83. The van der Waals surface area contributed by atoms with Crippen LogP contribution in [0.2, 0.25) is 0 Å². The molecule has 29 heavy (non-hydrogen) atoms. The maximum atomic E-state index is 13.3. The Bertz CT molecular complexity index is 1030. The van der Waals surface area contributed by atoms with Crippen molar-refractivity contribution in [3.8, 4) is 17.0 Å². The molecule has 7 heteroatoms. The number of imidazole rings is 1. The van der Waals surface area contributed by atoms with Gasteiger partial charge >= 0.3 is 5.69 Å². The molecule has 0 spiro atoms. The normalized spacial score (nSPS) is 16.8. The smallest absolute Gasteiger partial charge is 0.328 e. The van der Waals surface area contributed by atoms with Gasteiger partial charge in [-0.1, -0.05) is 42.5 Å². The highest BCUT2D eigenvalue weighted by Gasteiger charge is 2.33. The number of rotatable bonds is 5. The number of hydrogen-bond donors (Lipinski definition) is 2. The molecule has 0 aliphatic carbocycles. The number of aromatic nitrogens is 2. The Balaban J connectivity index is 1.44. The van der Waals surface area contributed by atoms with Crippen molar-refractivity contribution in [2.75, 3.05) is 13.1 Å². The second-order valence-corrected chi connectivity index (χ2v) is 7.60. The number of nitrogens with one attached hydrogen (secondary N) is 1. The van der Waals surface area contributed by atoms with E-state index >= 15 is 0 Å². The van der Waals surface area contributed by atoms with Crippen molar-refractivity contribution in [2.24, 2.45) is 0 Å². The molecule has 3 aromatic rings. The average molecular weight is 399 g/mol. The summed E-state index contributed by atoms with van der Waals surface area (Å²) in [7, 11) is 0. The Morgan fingerprint density at radius 1 is 0.966 bits per heavy atom. The van der Waals surface area contributed by atoms with E-state index in [0.717, 1.165) is 22.3 Å². The predicted molar refractivity (Wildman–Crippen MR) is 107 cm³/mol. The van der Waals surface area contributed by atoms with Crippen LogP contribution in [-0.4, -0.2) is 38.6 Å². The van der Waals surface area contributed by atoms with Crippen LogP contribution in [0.1, 0.15) is 24.0 Å². The Morgan fingerprint density at radius 2 is 1.69 bits per heavy atom. The van der Waals surface area contributed by atoms with Crippen LogP contribution in [-0.2, 0) is 13.1 Å². The zero-order chi connectivity index (χ0) is 20.4. The summed E-state index contributed by atoms with van der Waals surface area (Å²) in [5.41, 5.74) is 3.80. The van der Waals surface area contributed by atoms with Crippen LogP contribution < -0.4 is 5.69 Å². The Morgan fingerprint density at radius 3 is 2.34 bits per heavy atom. The molecule has 0 unspecified atom stereocenters. The van der Waals surface area contributed by atoms with Crippen molar-refractivity contribution in [1.29, 1.82) is 0 Å². The lowest BCUT2D eigenvalue weighted by molar-refractivity contribution is -0.0566. The molecule has 152 valence electrons. The quantitative estimate of drug-likeness (QED) is 0.686. The van der Waals surface area contributed by atoms with Gasteiger partial charge in [0.05, 0.1) is 12.7 Å². The summed E-state index contributed by atoms with van der Waals surface area (Å²) in [6.07, 6.45) is 1.22. The van der Waals surface area contributed by atoms with Gasteiger partial charge in [0.1, 0.15) is 0 Å². The first-order valence-corrected chi connectivity index (χ1v) is 9.65. The first kappa shape index (κ1) is 19.4. The average Bonchev–Trinajstić information content (AvgIpc) is 3.01. The third-order valence-corrected chi connectivity index (χ3v) is 5.33. The molecular formula is C22H23F2N3O2. The van der Waals surface area contributed by atoms with Crippen molar-refractivity contribution >= 4 is 0 Å². The van der Waals surface area contributed by atoms with Crippen molar-refractivity contribution in [2.45, 2.75) is 31.9 Å². The molecule has 0 radical (unpaired) electrons. The molecule has 0 atom stereocenters. The number of alkyl halides is 2. The fourth-order valence-electron chi connectivity index (χ4n) is 3.68. The molecule has 0 amide bonds. The van der Waals surface area contributed by atoms with Crippen LogP contribution >= 0.6 is 0 Å². The lowest BCUT2D eigenvalue weighted by Gasteiger charge is -2.31. The fraction of sp³-hybridized carbons (Fsp3) is 0.318. The third kappa shape index (κ3) is 4.74. The van der Waals surface area contributed by atoms with Crippen LogP contribution in [0.25, 0.3) is 11.1 Å². The monoisotopic (exact) mass is 399 g/mol. The van der Waals surface area contributed by atoms with Crippen LogP contribution in [0.5, 0.6) is 5.88 Å². The molecule has 2 heterocycles. The maximum Gasteiger partial charge on any atom is 0.328 e. The summed E-state index contributed by atoms with van der Waals surface area (Å²) >= 11 is 0. The minimum atomic E-state index is -2.52. The summed E-state index contributed by atoms with van der Waals surface area (Å²) in [6, 6.07) is 16.0. The molecule has 1 saturated heterocycles. The molecule has 0 bridgehead atoms. The topological polar surface area (TPSA) is 61.3 Å². The van der Waals surface area contributed by atoms with E-state index in [1.165, 1.54) is 10.8 Å². The van der Waals surface area contributed by atoms with E-state index in [2.05, 4.69) is 16.0 Å². The van der Waals surface area contributed by atoms with Gasteiger partial charge < -0.3 is 5.11 Å². The van der Waals surface area contributed by atoms with Gasteiger partial charge in [-0.05, 0) is 28.3 Å². The van der Waals surface area contributed by atoms with Crippen molar-refractivity contribution in [3.05, 3.63) is 76.3 Å². The highest BCUT2D eigenvalue weighted by atomic mass is 19.3. The molecule has 1 aliphatic heterocycles. The largest absolute Gasteiger partial charge is 0.493 e. The first-order chi connectivity index (χ1) is 13.9. The summed E-state index contributed by atoms with van der Waals surface area (Å²) < 4.78 is 28.1. The molecule has 1 aliphatic rings. The molecule has 2 N–H and O–H groups in total. The van der Waals surface area contributed by atoms with E-state index in [0.29, 0.717) is 26.2 Å². The number of hydrogen-bond acceptors (Lipinski definition) is 3. The molecule has 4 rings (SSSR count). The van der Waals surface area contributed by atoms with Gasteiger partial charge in [0.15, 0.2) is 0 Å². The Hall–Kier alpha value is -2.93. The number of aromatic amines is 1. The number of H-pyrrole nitrogens is 1. The van der Waals surface area contributed by atoms with Crippen LogP contribution in [0, 0.1) is 0 Å². The van der Waals surface area contributed by atoms with Gasteiger partial charge in [-0.25, -0.2) is 13.6 Å². The summed E-state index contributed by atoms with van der Waals surface area (Å²) in [4.78, 5) is 16.1. The predicted octanol–water partition coefficient (Wildman–Crippen LogP) is 3.83. The number of likely N-dealkylation sites (tertiary alicyclic amines) is 1. The van der Waals surface area contributed by atoms with Crippen molar-refractivity contribution in [1.82, 2.24) is 14.5 Å². The van der Waals surface area contributed by atoms with Crippen LogP contribution in [0.3, 0.4) is 0 Å². The zero-order valence-corrected chi connectivity index (χ0v) is 15.9. The van der Waals surface area contributed by atoms with Crippen LogP contribution in [0.15, 0.2) is 59.5 Å². The first-order valence-electron chi connectivity index (χ1n) is 9.65. The molecule has 1 fully saturated rings. The summed E-state index contributed by atoms with van der Waals surface area (Å²) in [5, 5.41) is 9.36. The molecule has 2 aromatic carbocycles. The number of aromatic hydroxyl groups is 1. The highest BCUT2D eigenvalue weighted by Crippen LogP contribution is 2.29. The molecular weight excluding hydrogens is 376 g/mol. The van der Waals surface area contributed by atoms with Crippen molar-refractivity contribution in [3.63, 3.8) is 0 Å². The molecule has 1 aromatic heterocycles. The summed E-state index contributed by atoms with van der Waals surface area (Å²) in [5.74, 6) is -2.68. The molecule has 0 saturated carbocycles. The van der Waals surface area contributed by atoms with Crippen LogP contribution in [0.4, 0.5) is 8.78 Å². The van der Waals surface area contributed by atoms with E-state index in [-0.39, 0.29) is 24.4 Å². The standard InChI is InChI=1S/C22H23F2N3O2/c23-22(24)8-10-26(11-9-22)13-17-2-1-3-19(12-17)18-6-4-16(5-7-18)14-27-15-20(28)25-21(27)29/h1-7,12,15,28H,8-11,13-14H2,(H,25,29). The van der Waals surface area contributed by atoms with E-state index in [1.54, 1.807) is 0 Å². The third-order valence-electron chi connectivity index (χ3n) is 5.33. The Labute approximate surface area is 167 Å². The lowest BCUT2D eigenvalue weighted by Crippen LogP contribution is -2.38. The van der Waals surface area contributed by atoms with E-state index in [9.17, 15) is 18.7 Å². The second-order valence-electron chi connectivity index (χ2n) is 7.60. The van der Waals surface area contributed by atoms with Gasteiger partial charge in [0.25, 0.3) is 5.92 Å². The highest BCUT2D eigenvalue weighted by molar-refractivity contribution is 5.64. The number of piperidine rings is 1. The van der Waals surface area contributed by atoms with Gasteiger partial charge in [-0.3, -0.25) is 14.5 Å². The number of nitrogens with zero attached hydrogens (tertiary/aromatic N) is 2. The zero-order valence-electron chi connectivity index (χ0n) is 15.9. The van der Waals surface area contributed by atoms with Gasteiger partial charge in [0, 0.05) is 32.5 Å². The summed E-state index contributed by atoms with van der Waals surface area (Å²) in [6.45, 7) is 1.87. The van der Waals surface area contributed by atoms with Gasteiger partial charge in [-0.15, -0.1) is 0 Å². The number of benzene rings is 2. The van der Waals surface area contributed by atoms with E-state index < -0.39 is 5.92 Å². The van der Waals surface area contributed by atoms with Gasteiger partial charge in [0.2, 0.25) is 5.88 Å². The SMILES string of the molecule is O=c1[nH]c(O)cn1Cc1ccc(-c2cccc(CN3CCC(F)(F)CC3)c2)cc1. The Kier molecular flexibility index (Phi) is 5.24. The van der Waals surface area contributed by atoms with Crippen molar-refractivity contribution < 1.29 is 13.9 Å². The minimum Gasteiger partial charge on any atom is -0.493 e. The van der Waals surface area contributed by atoms with E-state index in [4.69, 9.17) is 0 Å². The minimum absolute atomic E-state index is 0.0733. The van der Waals surface area contributed by atoms with E-state index in [1.807, 2.05) is 42.5 Å². The fourth-order valence-corrected chi connectivity index (χ4v) is 3.68. The molecule has 5 nitrogen and oxygen atoms in total.